The topological polar surface area (TPSA) is 93.1 Å². The van der Waals surface area contributed by atoms with Crippen LogP contribution in [0.15, 0.2) is 84.0 Å². The second kappa shape index (κ2) is 9.19. The van der Waals surface area contributed by atoms with Crippen LogP contribution in [0.25, 0.3) is 11.0 Å². The average molecular weight is 453 g/mol. The van der Waals surface area contributed by atoms with Crippen LogP contribution in [0.5, 0.6) is 0 Å². The molecule has 164 valence electrons. The maximum atomic E-state index is 13.1. The van der Waals surface area contributed by atoms with Crippen LogP contribution >= 0.6 is 0 Å². The molecule has 4 aromatic rings. The Kier molecular flexibility index (Phi) is 6.18. The standard InChI is InChI=1S/C23H21FN4O3S/c24-17-10-12-18(13-11-17)32(30,31)27-20-7-2-1-6-19(20)23(29)25-14-5-15-28-16-26-21-8-3-4-9-22(21)28/h1-4,6-13,16,27H,5,14-15H2,(H,25,29). The molecule has 1 heterocycles. The number of sulfonamides is 1. The molecular weight excluding hydrogens is 431 g/mol. The van der Waals surface area contributed by atoms with Crippen LogP contribution in [0.2, 0.25) is 0 Å². The van der Waals surface area contributed by atoms with Crippen LogP contribution in [-0.2, 0) is 16.6 Å². The van der Waals surface area contributed by atoms with Gasteiger partial charge in [-0.25, -0.2) is 17.8 Å². The molecule has 0 saturated carbocycles. The van der Waals surface area contributed by atoms with Crippen molar-refractivity contribution in [1.82, 2.24) is 14.9 Å². The number of hydrogen-bond acceptors (Lipinski definition) is 4. The van der Waals surface area contributed by atoms with Crippen LogP contribution in [0.4, 0.5) is 10.1 Å². The molecule has 0 spiro atoms. The molecule has 1 amide bonds. The third-order valence-electron chi connectivity index (χ3n) is 4.93. The zero-order chi connectivity index (χ0) is 22.6. The summed E-state index contributed by atoms with van der Waals surface area (Å²) < 4.78 is 42.8. The van der Waals surface area contributed by atoms with Gasteiger partial charge in [-0.1, -0.05) is 24.3 Å². The first-order chi connectivity index (χ1) is 15.4. The average Bonchev–Trinajstić information content (AvgIpc) is 3.20. The quantitative estimate of drug-likeness (QED) is 0.398. The summed E-state index contributed by atoms with van der Waals surface area (Å²) in [4.78, 5) is 16.9. The molecule has 0 bridgehead atoms. The molecule has 0 fully saturated rings. The van der Waals surface area contributed by atoms with Gasteiger partial charge in [0.15, 0.2) is 0 Å². The maximum Gasteiger partial charge on any atom is 0.261 e. The Labute approximate surface area is 185 Å². The fraction of sp³-hybridized carbons (Fsp3) is 0.130. The first kappa shape index (κ1) is 21.5. The van der Waals surface area contributed by atoms with E-state index >= 15 is 0 Å². The van der Waals surface area contributed by atoms with Gasteiger partial charge >= 0.3 is 0 Å². The fourth-order valence-corrected chi connectivity index (χ4v) is 4.40. The monoisotopic (exact) mass is 452 g/mol. The molecule has 0 radical (unpaired) electrons. The van der Waals surface area contributed by atoms with Crippen LogP contribution in [0.3, 0.4) is 0 Å². The van der Waals surface area contributed by atoms with Crippen molar-refractivity contribution in [2.24, 2.45) is 0 Å². The number of imidazole rings is 1. The van der Waals surface area contributed by atoms with Gasteiger partial charge in [0, 0.05) is 13.1 Å². The number of nitrogens with one attached hydrogen (secondary N) is 2. The van der Waals surface area contributed by atoms with E-state index in [2.05, 4.69) is 15.0 Å². The summed E-state index contributed by atoms with van der Waals surface area (Å²) >= 11 is 0. The van der Waals surface area contributed by atoms with Crippen molar-refractivity contribution in [3.63, 3.8) is 0 Å². The van der Waals surface area contributed by atoms with E-state index in [9.17, 15) is 17.6 Å². The summed E-state index contributed by atoms with van der Waals surface area (Å²) in [7, 11) is -3.97. The van der Waals surface area contributed by atoms with Gasteiger partial charge in [-0.05, 0) is 55.0 Å². The van der Waals surface area contributed by atoms with E-state index in [4.69, 9.17) is 0 Å². The molecule has 7 nitrogen and oxygen atoms in total. The number of para-hydroxylation sites is 3. The summed E-state index contributed by atoms with van der Waals surface area (Å²) in [6.45, 7) is 1.09. The first-order valence-corrected chi connectivity index (χ1v) is 11.5. The van der Waals surface area contributed by atoms with Crippen molar-refractivity contribution >= 4 is 32.7 Å². The van der Waals surface area contributed by atoms with E-state index in [0.717, 1.165) is 23.2 Å². The number of benzene rings is 3. The van der Waals surface area contributed by atoms with Crippen molar-refractivity contribution in [1.29, 1.82) is 0 Å². The second-order valence-corrected chi connectivity index (χ2v) is 8.82. The van der Waals surface area contributed by atoms with Gasteiger partial charge in [-0.3, -0.25) is 9.52 Å². The molecule has 2 N–H and O–H groups in total. The second-order valence-electron chi connectivity index (χ2n) is 7.14. The van der Waals surface area contributed by atoms with E-state index < -0.39 is 21.7 Å². The number of carbonyl (C=O) groups excluding carboxylic acids is 1. The number of aromatic nitrogens is 2. The molecule has 3 aromatic carbocycles. The molecule has 0 aliphatic heterocycles. The van der Waals surface area contributed by atoms with Gasteiger partial charge in [0.25, 0.3) is 15.9 Å². The number of fused-ring (bicyclic) bond motifs is 1. The molecule has 32 heavy (non-hydrogen) atoms. The molecule has 0 atom stereocenters. The van der Waals surface area contributed by atoms with Gasteiger partial charge in [0.05, 0.1) is 33.5 Å². The minimum absolute atomic E-state index is 0.0957. The third kappa shape index (κ3) is 4.78. The zero-order valence-electron chi connectivity index (χ0n) is 17.0. The highest BCUT2D eigenvalue weighted by molar-refractivity contribution is 7.92. The SMILES string of the molecule is O=C(NCCCn1cnc2ccccc21)c1ccccc1NS(=O)(=O)c1ccc(F)cc1. The summed E-state index contributed by atoms with van der Waals surface area (Å²) in [5.41, 5.74) is 2.29. The zero-order valence-corrected chi connectivity index (χ0v) is 17.8. The van der Waals surface area contributed by atoms with Gasteiger partial charge in [-0.15, -0.1) is 0 Å². The number of carbonyl (C=O) groups is 1. The summed E-state index contributed by atoms with van der Waals surface area (Å²) in [6.07, 6.45) is 2.45. The van der Waals surface area contributed by atoms with Crippen molar-refractivity contribution in [3.8, 4) is 0 Å². The Morgan fingerprint density at radius 2 is 1.69 bits per heavy atom. The summed E-state index contributed by atoms with van der Waals surface area (Å²) in [5, 5.41) is 2.83. The van der Waals surface area contributed by atoms with E-state index in [0.29, 0.717) is 19.5 Å². The third-order valence-corrected chi connectivity index (χ3v) is 6.31. The lowest BCUT2D eigenvalue weighted by Gasteiger charge is -2.13. The number of nitrogens with zero attached hydrogens (tertiary/aromatic N) is 2. The number of aryl methyl sites for hydroxylation is 1. The lowest BCUT2D eigenvalue weighted by atomic mass is 10.1. The summed E-state index contributed by atoms with van der Waals surface area (Å²) in [5.74, 6) is -0.926. The highest BCUT2D eigenvalue weighted by Crippen LogP contribution is 2.20. The fourth-order valence-electron chi connectivity index (χ4n) is 3.32. The number of amides is 1. The van der Waals surface area contributed by atoms with Crippen LogP contribution in [-0.4, -0.2) is 30.4 Å². The summed E-state index contributed by atoms with van der Waals surface area (Å²) in [6, 6.07) is 18.6. The van der Waals surface area contributed by atoms with Crippen molar-refractivity contribution < 1.29 is 17.6 Å². The Morgan fingerprint density at radius 1 is 0.969 bits per heavy atom. The largest absolute Gasteiger partial charge is 0.352 e. The normalized spacial score (nSPS) is 11.4. The Balaban J connectivity index is 1.39. The van der Waals surface area contributed by atoms with Crippen LogP contribution in [0, 0.1) is 5.82 Å². The van der Waals surface area contributed by atoms with E-state index in [-0.39, 0.29) is 16.1 Å². The van der Waals surface area contributed by atoms with Gasteiger partial charge in [-0.2, -0.15) is 0 Å². The number of hydrogen-bond donors (Lipinski definition) is 2. The smallest absolute Gasteiger partial charge is 0.261 e. The van der Waals surface area contributed by atoms with Gasteiger partial charge in [0.1, 0.15) is 5.82 Å². The molecule has 0 aliphatic rings. The van der Waals surface area contributed by atoms with E-state index in [1.807, 2.05) is 28.8 Å². The molecule has 0 saturated heterocycles. The van der Waals surface area contributed by atoms with Crippen molar-refractivity contribution in [2.75, 3.05) is 11.3 Å². The molecule has 4 rings (SSSR count). The van der Waals surface area contributed by atoms with Crippen LogP contribution < -0.4 is 10.0 Å². The molecule has 1 aromatic heterocycles. The predicted octanol–water partition coefficient (Wildman–Crippen LogP) is 3.80. The van der Waals surface area contributed by atoms with E-state index in [1.165, 1.54) is 18.2 Å². The highest BCUT2D eigenvalue weighted by Gasteiger charge is 2.18. The lowest BCUT2D eigenvalue weighted by Crippen LogP contribution is -2.26. The Morgan fingerprint density at radius 3 is 2.50 bits per heavy atom. The minimum atomic E-state index is -3.97. The van der Waals surface area contributed by atoms with Gasteiger partial charge < -0.3 is 9.88 Å². The number of halogens is 1. The Hall–Kier alpha value is -3.72. The van der Waals surface area contributed by atoms with E-state index in [1.54, 1.807) is 24.5 Å². The Bertz CT molecular complexity index is 1350. The molecule has 0 aliphatic carbocycles. The van der Waals surface area contributed by atoms with Crippen molar-refractivity contribution in [2.45, 2.75) is 17.9 Å². The maximum absolute atomic E-state index is 13.1. The number of anilines is 1. The molecular formula is C23H21FN4O3S. The predicted molar refractivity (Wildman–Crippen MR) is 120 cm³/mol. The van der Waals surface area contributed by atoms with Crippen molar-refractivity contribution in [3.05, 3.63) is 90.5 Å². The van der Waals surface area contributed by atoms with Crippen LogP contribution in [0.1, 0.15) is 16.8 Å². The highest BCUT2D eigenvalue weighted by atomic mass is 32.2. The van der Waals surface area contributed by atoms with Gasteiger partial charge in [0.2, 0.25) is 0 Å². The minimum Gasteiger partial charge on any atom is -0.352 e. The molecule has 9 heteroatoms. The molecule has 0 unspecified atom stereocenters. The first-order valence-electron chi connectivity index (χ1n) is 9.99. The lowest BCUT2D eigenvalue weighted by molar-refractivity contribution is 0.0953. The number of rotatable bonds is 8.